The molecule has 1 aromatic carbocycles. The van der Waals surface area contributed by atoms with Crippen molar-refractivity contribution in [2.24, 2.45) is 0 Å². The minimum Gasteiger partial charge on any atom is -0.438 e. The van der Waals surface area contributed by atoms with E-state index in [0.717, 1.165) is 31.4 Å². The molecule has 0 bridgehead atoms. The van der Waals surface area contributed by atoms with E-state index >= 15 is 0 Å². The van der Waals surface area contributed by atoms with E-state index < -0.39 is 12.3 Å². The van der Waals surface area contributed by atoms with Crippen molar-refractivity contribution in [3.63, 3.8) is 0 Å². The van der Waals surface area contributed by atoms with Gasteiger partial charge in [0.2, 0.25) is 11.8 Å². The Kier molecular flexibility index (Phi) is 4.91. The number of carbonyl (C=O) groups is 1. The summed E-state index contributed by atoms with van der Waals surface area (Å²) in [4.78, 5) is 19.8. The quantitative estimate of drug-likeness (QED) is 0.837. The molecule has 4 rings (SSSR count). The van der Waals surface area contributed by atoms with Crippen LogP contribution in [-0.4, -0.2) is 65.2 Å². The highest BCUT2D eigenvalue weighted by atomic mass is 19.1. The number of hydrogen-bond donors (Lipinski definition) is 0. The van der Waals surface area contributed by atoms with Gasteiger partial charge in [-0.15, -0.1) is 0 Å². The first-order chi connectivity index (χ1) is 12.6. The number of fused-ring (bicyclic) bond motifs is 1. The average molecular weight is 361 g/mol. The maximum atomic E-state index is 14.4. The standard InChI is InChI=1S/C19H24FN3O3/c1-13(24)22-8-6-14(7-9-22)23-10-15(20)18(11-23)25-12-19-21-16-4-2-3-5-17(16)26-19/h2-5,14-15,18H,6-12H2,1H3. The molecule has 0 spiro atoms. The van der Waals surface area contributed by atoms with Crippen molar-refractivity contribution in [3.05, 3.63) is 30.2 Å². The zero-order valence-electron chi connectivity index (χ0n) is 14.9. The lowest BCUT2D eigenvalue weighted by atomic mass is 10.0. The van der Waals surface area contributed by atoms with Gasteiger partial charge in [0.25, 0.3) is 0 Å². The highest BCUT2D eigenvalue weighted by molar-refractivity contribution is 5.73. The predicted octanol–water partition coefficient (Wildman–Crippen LogP) is 2.38. The van der Waals surface area contributed by atoms with E-state index in [9.17, 15) is 9.18 Å². The Hall–Kier alpha value is -1.99. The van der Waals surface area contributed by atoms with Crippen molar-refractivity contribution in [1.29, 1.82) is 0 Å². The number of halogens is 1. The molecule has 6 nitrogen and oxygen atoms in total. The third-order valence-electron chi connectivity index (χ3n) is 5.41. The molecule has 2 atom stereocenters. The molecule has 2 aromatic rings. The molecule has 140 valence electrons. The first kappa shape index (κ1) is 17.4. The van der Waals surface area contributed by atoms with Gasteiger partial charge in [0.1, 0.15) is 24.4 Å². The van der Waals surface area contributed by atoms with E-state index in [-0.39, 0.29) is 12.5 Å². The highest BCUT2D eigenvalue weighted by Crippen LogP contribution is 2.25. The first-order valence-corrected chi connectivity index (χ1v) is 9.20. The summed E-state index contributed by atoms with van der Waals surface area (Å²) in [7, 11) is 0. The smallest absolute Gasteiger partial charge is 0.221 e. The van der Waals surface area contributed by atoms with Crippen molar-refractivity contribution in [2.45, 2.75) is 44.7 Å². The molecule has 2 saturated heterocycles. The molecular weight excluding hydrogens is 337 g/mol. The zero-order valence-corrected chi connectivity index (χ0v) is 14.9. The van der Waals surface area contributed by atoms with Crippen molar-refractivity contribution in [3.8, 4) is 0 Å². The summed E-state index contributed by atoms with van der Waals surface area (Å²) in [6.45, 7) is 4.25. The lowest BCUT2D eigenvalue weighted by Crippen LogP contribution is -2.45. The molecule has 2 fully saturated rings. The van der Waals surface area contributed by atoms with Crippen LogP contribution in [0.4, 0.5) is 4.39 Å². The molecule has 2 unspecified atom stereocenters. The highest BCUT2D eigenvalue weighted by Gasteiger charge is 2.38. The Balaban J connectivity index is 1.30. The number of piperidine rings is 1. The fraction of sp³-hybridized carbons (Fsp3) is 0.579. The van der Waals surface area contributed by atoms with Crippen molar-refractivity contribution < 1.29 is 18.3 Å². The fourth-order valence-corrected chi connectivity index (χ4v) is 3.92. The Morgan fingerprint density at radius 2 is 2.08 bits per heavy atom. The molecule has 0 aliphatic carbocycles. The number of oxazole rings is 1. The molecule has 7 heteroatoms. The summed E-state index contributed by atoms with van der Waals surface area (Å²) in [6.07, 6.45) is 0.315. The molecule has 1 aromatic heterocycles. The largest absolute Gasteiger partial charge is 0.438 e. The van der Waals surface area contributed by atoms with Gasteiger partial charge in [-0.1, -0.05) is 12.1 Å². The molecule has 0 radical (unpaired) electrons. The van der Waals surface area contributed by atoms with Gasteiger partial charge in [-0.25, -0.2) is 9.37 Å². The summed E-state index contributed by atoms with van der Waals surface area (Å²) in [6, 6.07) is 7.85. The molecule has 3 heterocycles. The van der Waals surface area contributed by atoms with Crippen molar-refractivity contribution >= 4 is 17.0 Å². The van der Waals surface area contributed by atoms with Crippen LogP contribution in [-0.2, 0) is 16.1 Å². The number of amides is 1. The summed E-state index contributed by atoms with van der Waals surface area (Å²) < 4.78 is 25.8. The van der Waals surface area contributed by atoms with Crippen LogP contribution in [0.3, 0.4) is 0 Å². The van der Waals surface area contributed by atoms with Gasteiger partial charge in [0.05, 0.1) is 0 Å². The Morgan fingerprint density at radius 3 is 2.81 bits per heavy atom. The maximum absolute atomic E-state index is 14.4. The number of aromatic nitrogens is 1. The van der Waals surface area contributed by atoms with Crippen LogP contribution >= 0.6 is 0 Å². The molecule has 2 aliphatic heterocycles. The van der Waals surface area contributed by atoms with Crippen LogP contribution in [0.2, 0.25) is 0 Å². The third kappa shape index (κ3) is 3.59. The van der Waals surface area contributed by atoms with Crippen LogP contribution in [0.15, 0.2) is 28.7 Å². The number of benzene rings is 1. The van der Waals surface area contributed by atoms with Gasteiger partial charge < -0.3 is 14.1 Å². The Labute approximate surface area is 151 Å². The minimum atomic E-state index is -1.01. The van der Waals surface area contributed by atoms with E-state index in [2.05, 4.69) is 9.88 Å². The van der Waals surface area contributed by atoms with Crippen LogP contribution in [0, 0.1) is 0 Å². The second-order valence-corrected chi connectivity index (χ2v) is 7.13. The van der Waals surface area contributed by atoms with Gasteiger partial charge in [-0.3, -0.25) is 9.69 Å². The van der Waals surface area contributed by atoms with E-state index in [4.69, 9.17) is 9.15 Å². The summed E-state index contributed by atoms with van der Waals surface area (Å²) >= 11 is 0. The van der Waals surface area contributed by atoms with Gasteiger partial charge in [-0.2, -0.15) is 0 Å². The van der Waals surface area contributed by atoms with Crippen LogP contribution in [0.5, 0.6) is 0 Å². The monoisotopic (exact) mass is 361 g/mol. The predicted molar refractivity (Wildman–Crippen MR) is 94.3 cm³/mol. The van der Waals surface area contributed by atoms with Crippen LogP contribution in [0.1, 0.15) is 25.7 Å². The average Bonchev–Trinajstić information content (AvgIpc) is 3.23. The number of para-hydroxylation sites is 2. The van der Waals surface area contributed by atoms with Crippen molar-refractivity contribution in [2.75, 3.05) is 26.2 Å². The number of rotatable bonds is 4. The summed E-state index contributed by atoms with van der Waals surface area (Å²) in [5.74, 6) is 0.597. The lowest BCUT2D eigenvalue weighted by Gasteiger charge is -2.36. The SMILES string of the molecule is CC(=O)N1CCC(N2CC(F)C(OCc3nc4ccccc4o3)C2)CC1. The Morgan fingerprint density at radius 1 is 1.31 bits per heavy atom. The van der Waals surface area contributed by atoms with Gasteiger partial charge in [0, 0.05) is 39.1 Å². The van der Waals surface area contributed by atoms with Gasteiger partial charge in [0.15, 0.2) is 5.58 Å². The first-order valence-electron chi connectivity index (χ1n) is 9.20. The second-order valence-electron chi connectivity index (χ2n) is 7.13. The van der Waals surface area contributed by atoms with Crippen molar-refractivity contribution in [1.82, 2.24) is 14.8 Å². The number of alkyl halides is 1. The van der Waals surface area contributed by atoms with Gasteiger partial charge >= 0.3 is 0 Å². The van der Waals surface area contributed by atoms with E-state index in [1.165, 1.54) is 0 Å². The molecule has 0 N–H and O–H groups in total. The second kappa shape index (κ2) is 7.32. The minimum absolute atomic E-state index is 0.118. The maximum Gasteiger partial charge on any atom is 0.221 e. The zero-order chi connectivity index (χ0) is 18.1. The van der Waals surface area contributed by atoms with Crippen LogP contribution in [0.25, 0.3) is 11.1 Å². The lowest BCUT2D eigenvalue weighted by molar-refractivity contribution is -0.130. The number of ether oxygens (including phenoxy) is 1. The molecular formula is C19H24FN3O3. The number of likely N-dealkylation sites (tertiary alicyclic amines) is 2. The molecule has 1 amide bonds. The molecule has 26 heavy (non-hydrogen) atoms. The van der Waals surface area contributed by atoms with E-state index in [1.807, 2.05) is 29.2 Å². The van der Waals surface area contributed by atoms with Crippen LogP contribution < -0.4 is 0 Å². The van der Waals surface area contributed by atoms with E-state index in [0.29, 0.717) is 30.6 Å². The van der Waals surface area contributed by atoms with E-state index in [1.54, 1.807) is 6.92 Å². The van der Waals surface area contributed by atoms with Gasteiger partial charge in [-0.05, 0) is 25.0 Å². The normalized spacial score (nSPS) is 25.2. The third-order valence-corrected chi connectivity index (χ3v) is 5.41. The fourth-order valence-electron chi connectivity index (χ4n) is 3.92. The molecule has 0 saturated carbocycles. The number of carbonyl (C=O) groups excluding carboxylic acids is 1. The number of nitrogens with zero attached hydrogens (tertiary/aromatic N) is 3. The topological polar surface area (TPSA) is 58.8 Å². The number of hydrogen-bond acceptors (Lipinski definition) is 5. The Bertz CT molecular complexity index is 739. The molecule has 2 aliphatic rings. The summed E-state index contributed by atoms with van der Waals surface area (Å²) in [5, 5.41) is 0. The summed E-state index contributed by atoms with van der Waals surface area (Å²) in [5.41, 5.74) is 1.50.